The lowest BCUT2D eigenvalue weighted by Crippen LogP contribution is -2.46. The Morgan fingerprint density at radius 2 is 2.25 bits per heavy atom. The molecule has 3 rings (SSSR count). The van der Waals surface area contributed by atoms with Gasteiger partial charge in [-0.1, -0.05) is 12.8 Å². The molecule has 2 nitrogen and oxygen atoms in total. The van der Waals surface area contributed by atoms with Crippen molar-refractivity contribution in [2.24, 2.45) is 0 Å². The highest BCUT2D eigenvalue weighted by Gasteiger charge is 2.44. The summed E-state index contributed by atoms with van der Waals surface area (Å²) in [6.07, 6.45) is 6.21. The molecule has 0 radical (unpaired) electrons. The molecule has 1 fully saturated rings. The first-order valence-electron chi connectivity index (χ1n) is 6.20. The molecule has 3 heteroatoms. The highest BCUT2D eigenvalue weighted by molar-refractivity contribution is 7.10. The third-order valence-electron chi connectivity index (χ3n) is 4.17. The molecule has 1 saturated carbocycles. The summed E-state index contributed by atoms with van der Waals surface area (Å²) in [6, 6.07) is 2.72. The van der Waals surface area contributed by atoms with Crippen LogP contribution in [0.5, 0.6) is 0 Å². The lowest BCUT2D eigenvalue weighted by Gasteiger charge is -2.39. The van der Waals surface area contributed by atoms with Crippen LogP contribution in [0.3, 0.4) is 0 Å². The van der Waals surface area contributed by atoms with Crippen LogP contribution in [0.4, 0.5) is 0 Å². The fourth-order valence-electron chi connectivity index (χ4n) is 3.26. The van der Waals surface area contributed by atoms with Gasteiger partial charge in [0, 0.05) is 12.0 Å². The summed E-state index contributed by atoms with van der Waals surface area (Å²) < 4.78 is 5.91. The zero-order chi connectivity index (χ0) is 11.0. The Morgan fingerprint density at radius 1 is 1.44 bits per heavy atom. The molecule has 2 aliphatic rings. The lowest BCUT2D eigenvalue weighted by atomic mass is 9.87. The molecule has 0 spiro atoms. The maximum Gasteiger partial charge on any atom is 0.0880 e. The Kier molecular flexibility index (Phi) is 2.78. The van der Waals surface area contributed by atoms with Gasteiger partial charge in [0.15, 0.2) is 0 Å². The third-order valence-corrected chi connectivity index (χ3v) is 5.19. The van der Waals surface area contributed by atoms with E-state index in [4.69, 9.17) is 4.74 Å². The van der Waals surface area contributed by atoms with Crippen molar-refractivity contribution in [3.63, 3.8) is 0 Å². The van der Waals surface area contributed by atoms with Crippen molar-refractivity contribution in [1.82, 2.24) is 5.32 Å². The molecule has 1 aliphatic heterocycles. The number of methoxy groups -OCH3 is 1. The highest BCUT2D eigenvalue weighted by Crippen LogP contribution is 2.45. The van der Waals surface area contributed by atoms with Crippen LogP contribution in [0.15, 0.2) is 11.4 Å². The minimum absolute atomic E-state index is 0.0695. The molecular weight excluding hydrogens is 218 g/mol. The summed E-state index contributed by atoms with van der Waals surface area (Å²) in [4.78, 5) is 1.52. The van der Waals surface area contributed by atoms with Gasteiger partial charge in [-0.25, -0.2) is 0 Å². The smallest absolute Gasteiger partial charge is 0.0880 e. The van der Waals surface area contributed by atoms with Gasteiger partial charge >= 0.3 is 0 Å². The second-order valence-corrected chi connectivity index (χ2v) is 5.87. The number of nitrogens with one attached hydrogen (secondary N) is 1. The van der Waals surface area contributed by atoms with E-state index in [1.807, 2.05) is 18.4 Å². The topological polar surface area (TPSA) is 21.3 Å². The minimum Gasteiger partial charge on any atom is -0.376 e. The number of ether oxygens (including phenoxy) is 1. The second-order valence-electron chi connectivity index (χ2n) is 4.92. The van der Waals surface area contributed by atoms with Gasteiger partial charge in [0.1, 0.15) is 0 Å². The van der Waals surface area contributed by atoms with Gasteiger partial charge in [0.05, 0.1) is 11.6 Å². The Hall–Kier alpha value is -0.380. The standard InChI is InChI=1S/C13H19NOS/c1-15-13(6-2-3-7-13)12-11-10(4-8-14-12)5-9-16-11/h5,9,12,14H,2-4,6-8H2,1H3. The van der Waals surface area contributed by atoms with Crippen molar-refractivity contribution in [3.8, 4) is 0 Å². The van der Waals surface area contributed by atoms with Crippen LogP contribution >= 0.6 is 11.3 Å². The summed E-state index contributed by atoms with van der Waals surface area (Å²) >= 11 is 1.89. The van der Waals surface area contributed by atoms with E-state index >= 15 is 0 Å². The average molecular weight is 237 g/mol. The van der Waals surface area contributed by atoms with Crippen LogP contribution in [0.25, 0.3) is 0 Å². The Balaban J connectivity index is 1.96. The summed E-state index contributed by atoms with van der Waals surface area (Å²) in [7, 11) is 1.88. The van der Waals surface area contributed by atoms with Crippen molar-refractivity contribution in [2.75, 3.05) is 13.7 Å². The molecule has 1 atom stereocenters. The quantitative estimate of drug-likeness (QED) is 0.854. The fraction of sp³-hybridized carbons (Fsp3) is 0.692. The molecule has 1 aliphatic carbocycles. The molecule has 88 valence electrons. The Labute approximate surface area is 101 Å². The molecule has 0 aromatic carbocycles. The molecule has 1 N–H and O–H groups in total. The average Bonchev–Trinajstić information content (AvgIpc) is 2.98. The van der Waals surface area contributed by atoms with E-state index in [0.29, 0.717) is 6.04 Å². The third kappa shape index (κ3) is 1.53. The predicted octanol–water partition coefficient (Wildman–Crippen LogP) is 2.89. The molecule has 1 aromatic rings. The molecule has 0 bridgehead atoms. The first-order valence-corrected chi connectivity index (χ1v) is 7.08. The van der Waals surface area contributed by atoms with E-state index in [1.165, 1.54) is 42.5 Å². The van der Waals surface area contributed by atoms with E-state index in [9.17, 15) is 0 Å². The minimum atomic E-state index is 0.0695. The van der Waals surface area contributed by atoms with Gasteiger partial charge in [-0.15, -0.1) is 11.3 Å². The molecule has 0 saturated heterocycles. The first kappa shape index (κ1) is 10.8. The van der Waals surface area contributed by atoms with Crippen molar-refractivity contribution < 1.29 is 4.74 Å². The van der Waals surface area contributed by atoms with Crippen LogP contribution < -0.4 is 5.32 Å². The number of hydrogen-bond acceptors (Lipinski definition) is 3. The first-order chi connectivity index (χ1) is 7.86. The normalized spacial score (nSPS) is 27.9. The van der Waals surface area contributed by atoms with Gasteiger partial charge in [-0.05, 0) is 42.8 Å². The van der Waals surface area contributed by atoms with Crippen molar-refractivity contribution in [1.29, 1.82) is 0 Å². The van der Waals surface area contributed by atoms with Crippen LogP contribution in [0.2, 0.25) is 0 Å². The van der Waals surface area contributed by atoms with Gasteiger partial charge in [-0.3, -0.25) is 0 Å². The molecule has 1 unspecified atom stereocenters. The van der Waals surface area contributed by atoms with Crippen molar-refractivity contribution in [2.45, 2.75) is 43.7 Å². The van der Waals surface area contributed by atoms with Gasteiger partial charge in [0.2, 0.25) is 0 Å². The number of rotatable bonds is 2. The van der Waals surface area contributed by atoms with Crippen LogP contribution in [0, 0.1) is 0 Å². The van der Waals surface area contributed by atoms with Crippen LogP contribution in [0.1, 0.15) is 42.2 Å². The molecule has 0 amide bonds. The van der Waals surface area contributed by atoms with E-state index in [0.717, 1.165) is 6.54 Å². The number of hydrogen-bond donors (Lipinski definition) is 1. The molecule has 2 heterocycles. The van der Waals surface area contributed by atoms with Crippen molar-refractivity contribution in [3.05, 3.63) is 21.9 Å². The van der Waals surface area contributed by atoms with Gasteiger partial charge < -0.3 is 10.1 Å². The molecule has 16 heavy (non-hydrogen) atoms. The summed E-state index contributed by atoms with van der Waals surface area (Å²) in [5.74, 6) is 0. The summed E-state index contributed by atoms with van der Waals surface area (Å²) in [5.41, 5.74) is 1.61. The van der Waals surface area contributed by atoms with Crippen LogP contribution in [-0.2, 0) is 11.2 Å². The largest absolute Gasteiger partial charge is 0.376 e. The van der Waals surface area contributed by atoms with E-state index < -0.39 is 0 Å². The summed E-state index contributed by atoms with van der Waals surface area (Å²) in [5, 5.41) is 5.91. The van der Waals surface area contributed by atoms with Gasteiger partial charge in [-0.2, -0.15) is 0 Å². The zero-order valence-corrected chi connectivity index (χ0v) is 10.6. The Morgan fingerprint density at radius 3 is 3.00 bits per heavy atom. The SMILES string of the molecule is COC1(C2NCCc3ccsc32)CCCC1. The van der Waals surface area contributed by atoms with E-state index in [-0.39, 0.29) is 5.60 Å². The van der Waals surface area contributed by atoms with Crippen molar-refractivity contribution >= 4 is 11.3 Å². The maximum atomic E-state index is 5.91. The molecule has 1 aromatic heterocycles. The highest BCUT2D eigenvalue weighted by atomic mass is 32.1. The van der Waals surface area contributed by atoms with Crippen LogP contribution in [-0.4, -0.2) is 19.3 Å². The van der Waals surface area contributed by atoms with E-state index in [1.54, 1.807) is 0 Å². The second kappa shape index (κ2) is 4.13. The Bertz CT molecular complexity index is 368. The fourth-order valence-corrected chi connectivity index (χ4v) is 4.39. The maximum absolute atomic E-state index is 5.91. The molecular formula is C13H19NOS. The monoisotopic (exact) mass is 237 g/mol. The summed E-state index contributed by atoms with van der Waals surface area (Å²) in [6.45, 7) is 1.10. The number of fused-ring (bicyclic) bond motifs is 1. The number of thiophene rings is 1. The van der Waals surface area contributed by atoms with Gasteiger partial charge in [0.25, 0.3) is 0 Å². The van der Waals surface area contributed by atoms with E-state index in [2.05, 4.69) is 16.8 Å². The predicted molar refractivity (Wildman–Crippen MR) is 67.0 cm³/mol. The lowest BCUT2D eigenvalue weighted by molar-refractivity contribution is -0.0373. The zero-order valence-electron chi connectivity index (χ0n) is 9.79.